The van der Waals surface area contributed by atoms with Crippen molar-refractivity contribution in [2.45, 2.75) is 26.5 Å². The van der Waals surface area contributed by atoms with Crippen molar-refractivity contribution < 1.29 is 14.4 Å². The Morgan fingerprint density at radius 2 is 2.15 bits per heavy atom. The van der Waals surface area contributed by atoms with Crippen molar-refractivity contribution in [2.75, 3.05) is 0 Å². The molecule has 0 saturated carbocycles. The zero-order valence-corrected chi connectivity index (χ0v) is 11.1. The molecule has 2 aromatic rings. The summed E-state index contributed by atoms with van der Waals surface area (Å²) in [6.45, 7) is 3.44. The number of aliphatic hydroxyl groups excluding tert-OH is 1. The van der Waals surface area contributed by atoms with E-state index in [2.05, 4.69) is 5.10 Å². The minimum atomic E-state index is -0.909. The molecule has 1 aromatic heterocycles. The lowest BCUT2D eigenvalue weighted by molar-refractivity contribution is -0.389. The smallest absolute Gasteiger partial charge is 0.386 e. The molecule has 1 heterocycles. The molecule has 1 N–H and O–H groups in total. The van der Waals surface area contributed by atoms with Gasteiger partial charge in [0.05, 0.1) is 23.4 Å². The van der Waals surface area contributed by atoms with E-state index in [9.17, 15) is 19.6 Å². The first-order valence-corrected chi connectivity index (χ1v) is 6.01. The normalized spacial score (nSPS) is 12.4. The fraction of sp³-hybridized carbons (Fsp3) is 0.308. The number of aromatic nitrogens is 2. The molecule has 0 bridgehead atoms. The Hall–Kier alpha value is -2.28. The molecule has 106 valence electrons. The molecular weight excluding hydrogens is 265 g/mol. The average Bonchev–Trinajstić information content (AvgIpc) is 2.71. The van der Waals surface area contributed by atoms with Gasteiger partial charge in [0.2, 0.25) is 0 Å². The first-order valence-electron chi connectivity index (χ1n) is 6.01. The van der Waals surface area contributed by atoms with Crippen LogP contribution < -0.4 is 0 Å². The van der Waals surface area contributed by atoms with Gasteiger partial charge in [-0.3, -0.25) is 0 Å². The highest BCUT2D eigenvalue weighted by atomic mass is 19.1. The number of aliphatic hydroxyl groups is 1. The molecule has 1 unspecified atom stereocenters. The van der Waals surface area contributed by atoms with Gasteiger partial charge in [0, 0.05) is 0 Å². The molecule has 0 radical (unpaired) electrons. The van der Waals surface area contributed by atoms with Crippen LogP contribution in [0.5, 0.6) is 0 Å². The van der Waals surface area contributed by atoms with Crippen LogP contribution in [0.1, 0.15) is 22.9 Å². The molecule has 0 amide bonds. The highest BCUT2D eigenvalue weighted by Crippen LogP contribution is 2.21. The Bertz CT molecular complexity index is 654. The molecule has 20 heavy (non-hydrogen) atoms. The van der Waals surface area contributed by atoms with E-state index < -0.39 is 11.0 Å². The minimum absolute atomic E-state index is 0.0755. The molecule has 6 nitrogen and oxygen atoms in total. The van der Waals surface area contributed by atoms with Crippen LogP contribution in [0.3, 0.4) is 0 Å². The van der Waals surface area contributed by atoms with E-state index in [1.54, 1.807) is 13.8 Å². The lowest BCUT2D eigenvalue weighted by Gasteiger charge is -2.13. The molecule has 7 heteroatoms. The van der Waals surface area contributed by atoms with Crippen LogP contribution in [0.25, 0.3) is 0 Å². The predicted octanol–water partition coefficient (Wildman–Crippen LogP) is 2.28. The Balaban J connectivity index is 2.23. The molecule has 0 aliphatic rings. The summed E-state index contributed by atoms with van der Waals surface area (Å²) >= 11 is 0. The van der Waals surface area contributed by atoms with Crippen molar-refractivity contribution in [3.05, 3.63) is 57.0 Å². The van der Waals surface area contributed by atoms with E-state index in [1.165, 1.54) is 28.9 Å². The van der Waals surface area contributed by atoms with Crippen molar-refractivity contribution in [3.8, 4) is 0 Å². The van der Waals surface area contributed by atoms with Crippen molar-refractivity contribution in [1.82, 2.24) is 9.78 Å². The molecular formula is C13H14FN3O3. The third-order valence-corrected chi connectivity index (χ3v) is 3.09. The molecule has 0 aliphatic heterocycles. The van der Waals surface area contributed by atoms with Gasteiger partial charge in [0.15, 0.2) is 0 Å². The quantitative estimate of drug-likeness (QED) is 0.687. The number of nitro groups is 1. The van der Waals surface area contributed by atoms with E-state index in [1.807, 2.05) is 0 Å². The third kappa shape index (κ3) is 2.83. The fourth-order valence-corrected chi connectivity index (χ4v) is 2.04. The van der Waals surface area contributed by atoms with Gasteiger partial charge in [-0.2, -0.15) is 4.68 Å². The summed E-state index contributed by atoms with van der Waals surface area (Å²) < 4.78 is 14.4. The topological polar surface area (TPSA) is 81.2 Å². The lowest BCUT2D eigenvalue weighted by atomic mass is 10.0. The van der Waals surface area contributed by atoms with Crippen molar-refractivity contribution >= 4 is 5.82 Å². The summed E-state index contributed by atoms with van der Waals surface area (Å²) in [5.74, 6) is -0.630. The summed E-state index contributed by atoms with van der Waals surface area (Å²) in [4.78, 5) is 10.1. The van der Waals surface area contributed by atoms with E-state index in [0.717, 1.165) is 0 Å². The summed E-state index contributed by atoms with van der Waals surface area (Å²) in [6, 6.07) is 5.44. The van der Waals surface area contributed by atoms with Crippen LogP contribution in [0, 0.1) is 29.8 Å². The molecule has 0 fully saturated rings. The van der Waals surface area contributed by atoms with Crippen LogP contribution in [0.15, 0.2) is 24.3 Å². The monoisotopic (exact) mass is 279 g/mol. The summed E-state index contributed by atoms with van der Waals surface area (Å²) in [5.41, 5.74) is 1.77. The fourth-order valence-electron chi connectivity index (χ4n) is 2.04. The van der Waals surface area contributed by atoms with Crippen molar-refractivity contribution in [1.29, 1.82) is 0 Å². The number of hydrogen-bond donors (Lipinski definition) is 1. The van der Waals surface area contributed by atoms with Crippen molar-refractivity contribution in [2.24, 2.45) is 0 Å². The predicted molar refractivity (Wildman–Crippen MR) is 69.7 cm³/mol. The largest absolute Gasteiger partial charge is 0.390 e. The Labute approximate surface area is 114 Å². The second-order valence-electron chi connectivity index (χ2n) is 4.60. The molecule has 0 spiro atoms. The van der Waals surface area contributed by atoms with Gasteiger partial charge in [-0.25, -0.2) is 4.39 Å². The highest BCUT2D eigenvalue weighted by Gasteiger charge is 2.19. The molecule has 1 aromatic carbocycles. The van der Waals surface area contributed by atoms with Crippen LogP contribution in [-0.4, -0.2) is 19.8 Å². The highest BCUT2D eigenvalue weighted by molar-refractivity contribution is 5.29. The first-order chi connectivity index (χ1) is 9.38. The van der Waals surface area contributed by atoms with E-state index in [-0.39, 0.29) is 18.2 Å². The second kappa shape index (κ2) is 5.38. The number of aryl methyl sites for hydroxylation is 2. The summed E-state index contributed by atoms with van der Waals surface area (Å²) in [6.07, 6.45) is -0.909. The van der Waals surface area contributed by atoms with E-state index in [0.29, 0.717) is 16.8 Å². The Kier molecular flexibility index (Phi) is 3.80. The van der Waals surface area contributed by atoms with Gasteiger partial charge >= 0.3 is 5.82 Å². The van der Waals surface area contributed by atoms with E-state index >= 15 is 0 Å². The maximum Gasteiger partial charge on any atom is 0.390 e. The van der Waals surface area contributed by atoms with Crippen LogP contribution in [0.2, 0.25) is 0 Å². The summed E-state index contributed by atoms with van der Waals surface area (Å²) in [5, 5.41) is 24.6. The molecule has 0 aliphatic carbocycles. The number of hydrogen-bond acceptors (Lipinski definition) is 4. The number of benzene rings is 1. The number of rotatable bonds is 4. The van der Waals surface area contributed by atoms with Gasteiger partial charge in [-0.05, 0) is 42.0 Å². The zero-order chi connectivity index (χ0) is 14.9. The van der Waals surface area contributed by atoms with Gasteiger partial charge in [0.25, 0.3) is 0 Å². The zero-order valence-electron chi connectivity index (χ0n) is 11.1. The van der Waals surface area contributed by atoms with E-state index in [4.69, 9.17) is 0 Å². The van der Waals surface area contributed by atoms with Crippen molar-refractivity contribution in [3.63, 3.8) is 0 Å². The van der Waals surface area contributed by atoms with Gasteiger partial charge in [-0.1, -0.05) is 6.07 Å². The Morgan fingerprint density at radius 1 is 1.45 bits per heavy atom. The summed E-state index contributed by atoms with van der Waals surface area (Å²) in [7, 11) is 0. The molecule has 0 saturated heterocycles. The number of nitrogens with zero attached hydrogens (tertiary/aromatic N) is 3. The van der Waals surface area contributed by atoms with Crippen LogP contribution in [0.4, 0.5) is 10.2 Å². The minimum Gasteiger partial charge on any atom is -0.386 e. The standard InChI is InChI=1S/C13H14FN3O3/c1-8-5-10(14)3-4-11(8)12(18)7-16-9(2)6-13(15-16)17(19)20/h3-6,12,18H,7H2,1-2H3. The van der Waals surface area contributed by atoms with Gasteiger partial charge < -0.3 is 15.2 Å². The SMILES string of the molecule is Cc1cc(F)ccc1C(O)Cn1nc([N+](=O)[O-])cc1C. The molecule has 2 rings (SSSR count). The maximum atomic E-state index is 13.0. The van der Waals surface area contributed by atoms with Gasteiger partial charge in [0.1, 0.15) is 11.9 Å². The van der Waals surface area contributed by atoms with Crippen LogP contribution >= 0.6 is 0 Å². The molecule has 1 atom stereocenters. The van der Waals surface area contributed by atoms with Crippen LogP contribution in [-0.2, 0) is 6.54 Å². The average molecular weight is 279 g/mol. The lowest BCUT2D eigenvalue weighted by Crippen LogP contribution is -2.12. The Morgan fingerprint density at radius 3 is 2.70 bits per heavy atom. The second-order valence-corrected chi connectivity index (χ2v) is 4.60. The third-order valence-electron chi connectivity index (χ3n) is 3.09. The number of halogens is 1. The maximum absolute atomic E-state index is 13.0. The van der Waals surface area contributed by atoms with Gasteiger partial charge in [-0.15, -0.1) is 0 Å². The first kappa shape index (κ1) is 14.1.